The predicted molar refractivity (Wildman–Crippen MR) is 232 cm³/mol. The van der Waals surface area contributed by atoms with Gasteiger partial charge in [0.2, 0.25) is 0 Å². The molecule has 1 aromatic heterocycles. The second kappa shape index (κ2) is 15.2. The normalized spacial score (nSPS) is 13.5. The molecule has 7 aromatic carbocycles. The molecular weight excluding hydrogens is 649 g/mol. The van der Waals surface area contributed by atoms with Crippen LogP contribution in [0.1, 0.15) is 33.3 Å². The van der Waals surface area contributed by atoms with Crippen molar-refractivity contribution in [2.45, 2.75) is 32.6 Å². The summed E-state index contributed by atoms with van der Waals surface area (Å²) in [5.41, 5.74) is 10.3. The number of benzene rings is 7. The van der Waals surface area contributed by atoms with E-state index in [1.54, 1.807) is 11.8 Å². The van der Waals surface area contributed by atoms with Crippen molar-refractivity contribution < 1.29 is 0 Å². The fourth-order valence-corrected chi connectivity index (χ4v) is 7.95. The lowest BCUT2D eigenvalue weighted by atomic mass is 9.95. The molecule has 0 saturated heterocycles. The second-order valence-corrected chi connectivity index (χ2v) is 13.1. The molecule has 0 amide bonds. The molecule has 1 aliphatic rings. The molecule has 0 aliphatic carbocycles. The lowest BCUT2D eigenvalue weighted by Crippen LogP contribution is -2.12. The van der Waals surface area contributed by atoms with E-state index in [0.29, 0.717) is 0 Å². The average molecular weight is 693 g/mol. The summed E-state index contributed by atoms with van der Waals surface area (Å²) in [7, 11) is 0. The van der Waals surface area contributed by atoms with Crippen LogP contribution in [-0.4, -0.2) is 10.8 Å². The molecule has 2 heterocycles. The number of hydrogen-bond acceptors (Lipinski definition) is 2. The van der Waals surface area contributed by atoms with E-state index in [1.807, 2.05) is 27.7 Å². The van der Waals surface area contributed by atoms with Crippen LogP contribution in [0.2, 0.25) is 0 Å². The van der Waals surface area contributed by atoms with Gasteiger partial charge in [0.25, 0.3) is 0 Å². The molecule has 0 saturated carbocycles. The van der Waals surface area contributed by atoms with Gasteiger partial charge >= 0.3 is 0 Å². The Labute approximate surface area is 312 Å². The van der Waals surface area contributed by atoms with Crippen molar-refractivity contribution in [2.75, 3.05) is 11.2 Å². The zero-order valence-corrected chi connectivity index (χ0v) is 31.4. The summed E-state index contributed by atoms with van der Waals surface area (Å²) in [5.74, 6) is 0. The maximum atomic E-state index is 4.54. The highest BCUT2D eigenvalue weighted by Crippen LogP contribution is 2.43. The lowest BCUT2D eigenvalue weighted by molar-refractivity contribution is 1.17. The third-order valence-electron chi connectivity index (χ3n) is 9.58. The number of fused-ring (bicyclic) bond motifs is 7. The minimum Gasteiger partial charge on any atom is -0.316 e. The fourth-order valence-electron chi connectivity index (χ4n) is 7.35. The zero-order valence-electron chi connectivity index (χ0n) is 30.6. The van der Waals surface area contributed by atoms with E-state index in [-0.39, 0.29) is 0 Å². The third kappa shape index (κ3) is 6.01. The van der Waals surface area contributed by atoms with Crippen LogP contribution in [0, 0.1) is 0 Å². The van der Waals surface area contributed by atoms with Gasteiger partial charge in [0.05, 0.1) is 22.4 Å². The molecule has 8 aromatic rings. The number of para-hydroxylation sites is 2. The Morgan fingerprint density at radius 3 is 1.83 bits per heavy atom. The van der Waals surface area contributed by atoms with Crippen LogP contribution >= 0.6 is 11.8 Å². The standard InChI is InChI=1S/C45H32N2S.2C2H6/c1-30-13-11-12-26-46(44-28-31-14-3-4-15-34(31)35-16-5-6-17-36(35)44)41-24-22-32(27-39(30)41)40-29-33(23-25-45(40)48-2)47-42-20-9-7-18-37(42)38-19-8-10-21-43(38)47;2*1-2/h3-29H,1H2,2H3;2*1-2H3/b13-11-,26-12-;;. The van der Waals surface area contributed by atoms with Gasteiger partial charge < -0.3 is 9.47 Å². The van der Waals surface area contributed by atoms with Gasteiger partial charge in [-0.25, -0.2) is 0 Å². The lowest BCUT2D eigenvalue weighted by Gasteiger charge is -2.27. The number of aromatic nitrogens is 1. The summed E-state index contributed by atoms with van der Waals surface area (Å²) in [6.07, 6.45) is 10.6. The fraction of sp³-hybridized carbons (Fsp3) is 0.102. The number of allylic oxidation sites excluding steroid dienone is 4. The summed E-state index contributed by atoms with van der Waals surface area (Å²) in [4.78, 5) is 3.57. The van der Waals surface area contributed by atoms with Crippen LogP contribution in [0.3, 0.4) is 0 Å². The molecule has 9 rings (SSSR count). The molecule has 0 atom stereocenters. The molecule has 0 fully saturated rings. The highest BCUT2D eigenvalue weighted by molar-refractivity contribution is 7.98. The Balaban J connectivity index is 0.00000102. The van der Waals surface area contributed by atoms with Crippen molar-refractivity contribution >= 4 is 72.1 Å². The van der Waals surface area contributed by atoms with E-state index in [0.717, 1.165) is 28.2 Å². The van der Waals surface area contributed by atoms with E-state index >= 15 is 0 Å². The molecule has 256 valence electrons. The first-order valence-corrected chi connectivity index (χ1v) is 19.5. The van der Waals surface area contributed by atoms with Gasteiger partial charge in [0, 0.05) is 38.5 Å². The van der Waals surface area contributed by atoms with E-state index in [4.69, 9.17) is 0 Å². The first kappa shape index (κ1) is 34.7. The number of nitrogens with zero attached hydrogens (tertiary/aromatic N) is 2. The SMILES string of the molecule is C=C1/C=C\C=C/N(c2cc3ccccc3c3ccccc23)c2ccc(-c3cc(-n4c5ccccc5c5ccccc54)ccc3SC)cc21.CC.CC. The van der Waals surface area contributed by atoms with Crippen LogP contribution in [0.4, 0.5) is 11.4 Å². The monoisotopic (exact) mass is 692 g/mol. The molecule has 3 heteroatoms. The summed E-state index contributed by atoms with van der Waals surface area (Å²) >= 11 is 1.78. The average Bonchev–Trinajstić information content (AvgIpc) is 3.55. The van der Waals surface area contributed by atoms with Crippen molar-refractivity contribution in [3.05, 3.63) is 176 Å². The minimum absolute atomic E-state index is 0.982. The first-order valence-electron chi connectivity index (χ1n) is 18.2. The van der Waals surface area contributed by atoms with Crippen molar-refractivity contribution in [1.29, 1.82) is 0 Å². The topological polar surface area (TPSA) is 8.17 Å². The van der Waals surface area contributed by atoms with Crippen LogP contribution in [0.25, 0.3) is 65.7 Å². The Hall–Kier alpha value is -5.77. The van der Waals surface area contributed by atoms with E-state index in [1.165, 1.54) is 59.4 Å². The Morgan fingerprint density at radius 2 is 1.13 bits per heavy atom. The summed E-state index contributed by atoms with van der Waals surface area (Å²) < 4.78 is 2.39. The number of hydrogen-bond donors (Lipinski definition) is 0. The van der Waals surface area contributed by atoms with E-state index < -0.39 is 0 Å². The molecule has 0 N–H and O–H groups in total. The molecule has 0 unspecified atom stereocenters. The van der Waals surface area contributed by atoms with Crippen LogP contribution < -0.4 is 4.90 Å². The number of thioether (sulfide) groups is 1. The Kier molecular flexibility index (Phi) is 10.2. The molecule has 0 radical (unpaired) electrons. The minimum atomic E-state index is 0.982. The van der Waals surface area contributed by atoms with Crippen LogP contribution in [0.5, 0.6) is 0 Å². The van der Waals surface area contributed by atoms with Gasteiger partial charge in [-0.2, -0.15) is 0 Å². The summed E-state index contributed by atoms with van der Waals surface area (Å²) in [6, 6.07) is 50.8. The quantitative estimate of drug-likeness (QED) is 0.134. The smallest absolute Gasteiger partial charge is 0.0541 e. The van der Waals surface area contributed by atoms with Gasteiger partial charge in [-0.3, -0.25) is 0 Å². The van der Waals surface area contributed by atoms with Crippen molar-refractivity contribution in [3.63, 3.8) is 0 Å². The van der Waals surface area contributed by atoms with Gasteiger partial charge in [0.15, 0.2) is 0 Å². The van der Waals surface area contributed by atoms with Crippen molar-refractivity contribution in [3.8, 4) is 16.8 Å². The molecular formula is C49H44N2S. The third-order valence-corrected chi connectivity index (χ3v) is 10.4. The molecule has 0 bridgehead atoms. The predicted octanol–water partition coefficient (Wildman–Crippen LogP) is 14.8. The summed E-state index contributed by atoms with van der Waals surface area (Å²) in [6.45, 7) is 12.5. The molecule has 0 spiro atoms. The number of rotatable bonds is 4. The largest absolute Gasteiger partial charge is 0.316 e. The molecule has 2 nitrogen and oxygen atoms in total. The van der Waals surface area contributed by atoms with Crippen LogP contribution in [-0.2, 0) is 0 Å². The highest BCUT2D eigenvalue weighted by atomic mass is 32.2. The Morgan fingerprint density at radius 1 is 0.519 bits per heavy atom. The number of anilines is 2. The molecule has 52 heavy (non-hydrogen) atoms. The maximum Gasteiger partial charge on any atom is 0.0541 e. The van der Waals surface area contributed by atoms with Gasteiger partial charge in [-0.15, -0.1) is 11.8 Å². The molecule has 1 aliphatic heterocycles. The summed E-state index contributed by atoms with van der Waals surface area (Å²) in [5, 5.41) is 7.49. The Bertz CT molecular complexity index is 2580. The van der Waals surface area contributed by atoms with Gasteiger partial charge in [-0.1, -0.05) is 137 Å². The zero-order chi connectivity index (χ0) is 36.2. The van der Waals surface area contributed by atoms with Crippen molar-refractivity contribution in [1.82, 2.24) is 4.57 Å². The maximum absolute atomic E-state index is 4.54. The van der Waals surface area contributed by atoms with Crippen LogP contribution in [0.15, 0.2) is 175 Å². The second-order valence-electron chi connectivity index (χ2n) is 12.2. The van der Waals surface area contributed by atoms with E-state index in [9.17, 15) is 0 Å². The van der Waals surface area contributed by atoms with Crippen molar-refractivity contribution in [2.24, 2.45) is 0 Å². The van der Waals surface area contributed by atoms with E-state index in [2.05, 4.69) is 186 Å². The highest BCUT2D eigenvalue weighted by Gasteiger charge is 2.20. The first-order chi connectivity index (χ1) is 25.7. The van der Waals surface area contributed by atoms with Gasteiger partial charge in [0.1, 0.15) is 0 Å². The van der Waals surface area contributed by atoms with Gasteiger partial charge in [-0.05, 0) is 93.7 Å².